The SMILES string of the molecule is O=C(O)c1ccc(/C=N\Nc2ccc([N+](=O)[O-])cc2S(=O)(=O)Nc2ccccc2Cl)cc1. The molecule has 0 aliphatic rings. The highest BCUT2D eigenvalue weighted by Crippen LogP contribution is 2.30. The van der Waals surface area contributed by atoms with Crippen LogP contribution in [-0.2, 0) is 10.0 Å². The van der Waals surface area contributed by atoms with Crippen LogP contribution in [-0.4, -0.2) is 30.6 Å². The summed E-state index contributed by atoms with van der Waals surface area (Å²) in [6.45, 7) is 0. The molecule has 164 valence electrons. The highest BCUT2D eigenvalue weighted by molar-refractivity contribution is 7.93. The highest BCUT2D eigenvalue weighted by Gasteiger charge is 2.23. The second-order valence-electron chi connectivity index (χ2n) is 6.32. The van der Waals surface area contributed by atoms with Gasteiger partial charge in [0.05, 0.1) is 33.1 Å². The normalized spacial score (nSPS) is 11.3. The lowest BCUT2D eigenvalue weighted by molar-refractivity contribution is -0.385. The Hall–Kier alpha value is -3.96. The van der Waals surface area contributed by atoms with Crippen molar-refractivity contribution < 1.29 is 23.2 Å². The van der Waals surface area contributed by atoms with Gasteiger partial charge in [-0.05, 0) is 35.9 Å². The van der Waals surface area contributed by atoms with Crippen LogP contribution in [0.25, 0.3) is 0 Å². The Balaban J connectivity index is 1.91. The molecule has 0 amide bonds. The summed E-state index contributed by atoms with van der Waals surface area (Å²) >= 11 is 6.01. The Kier molecular flexibility index (Phi) is 6.71. The molecule has 12 heteroatoms. The number of carboxylic acids is 1. The zero-order chi connectivity index (χ0) is 23.3. The fourth-order valence-electron chi connectivity index (χ4n) is 2.57. The molecule has 3 rings (SSSR count). The van der Waals surface area contributed by atoms with Gasteiger partial charge < -0.3 is 5.11 Å². The standard InChI is InChI=1S/C20H15ClN4O6S/c21-16-3-1-2-4-17(16)24-32(30,31)19-11-15(25(28)29)9-10-18(19)23-22-12-13-5-7-14(8-6-13)20(26)27/h1-12,23-24H,(H,26,27)/b22-12-. The minimum atomic E-state index is -4.27. The van der Waals surface area contributed by atoms with Gasteiger partial charge in [0.2, 0.25) is 0 Å². The fraction of sp³-hybridized carbons (Fsp3) is 0. The van der Waals surface area contributed by atoms with Crippen LogP contribution in [0.5, 0.6) is 0 Å². The van der Waals surface area contributed by atoms with E-state index in [9.17, 15) is 23.3 Å². The molecule has 0 fully saturated rings. The van der Waals surface area contributed by atoms with E-state index >= 15 is 0 Å². The lowest BCUT2D eigenvalue weighted by atomic mass is 10.1. The van der Waals surface area contributed by atoms with Crippen LogP contribution in [0.2, 0.25) is 5.02 Å². The number of carboxylic acid groups (broad SMARTS) is 1. The molecule has 0 aliphatic carbocycles. The van der Waals surface area contributed by atoms with Crippen molar-refractivity contribution in [2.24, 2.45) is 5.10 Å². The first-order valence-corrected chi connectivity index (χ1v) is 10.7. The summed E-state index contributed by atoms with van der Waals surface area (Å²) in [6, 6.07) is 15.2. The third-order valence-electron chi connectivity index (χ3n) is 4.14. The van der Waals surface area contributed by atoms with Crippen molar-refractivity contribution in [3.8, 4) is 0 Å². The van der Waals surface area contributed by atoms with E-state index < -0.39 is 31.5 Å². The number of halogens is 1. The van der Waals surface area contributed by atoms with E-state index in [4.69, 9.17) is 16.7 Å². The monoisotopic (exact) mass is 474 g/mol. The van der Waals surface area contributed by atoms with Crippen molar-refractivity contribution in [2.75, 3.05) is 10.1 Å². The van der Waals surface area contributed by atoms with Gasteiger partial charge in [-0.15, -0.1) is 0 Å². The Morgan fingerprint density at radius 2 is 1.75 bits per heavy atom. The number of nitrogens with zero attached hydrogens (tertiary/aromatic N) is 2. The molecular formula is C20H15ClN4O6S. The average molecular weight is 475 g/mol. The predicted molar refractivity (Wildman–Crippen MR) is 120 cm³/mol. The number of nitro benzene ring substituents is 1. The Morgan fingerprint density at radius 1 is 1.06 bits per heavy atom. The van der Waals surface area contributed by atoms with Gasteiger partial charge >= 0.3 is 5.97 Å². The number of hydrogen-bond acceptors (Lipinski definition) is 7. The van der Waals surface area contributed by atoms with Gasteiger partial charge in [-0.1, -0.05) is 35.9 Å². The fourth-order valence-corrected chi connectivity index (χ4v) is 4.07. The summed E-state index contributed by atoms with van der Waals surface area (Å²) in [5.41, 5.74) is 2.85. The molecule has 0 saturated heterocycles. The zero-order valence-corrected chi connectivity index (χ0v) is 17.7. The van der Waals surface area contributed by atoms with Crippen LogP contribution in [0.1, 0.15) is 15.9 Å². The first-order chi connectivity index (χ1) is 15.2. The van der Waals surface area contributed by atoms with Gasteiger partial charge in [0, 0.05) is 12.1 Å². The molecule has 0 aromatic heterocycles. The lowest BCUT2D eigenvalue weighted by Crippen LogP contribution is -2.15. The van der Waals surface area contributed by atoms with Crippen LogP contribution < -0.4 is 10.1 Å². The second-order valence-corrected chi connectivity index (χ2v) is 8.38. The molecule has 0 radical (unpaired) electrons. The number of hydrazone groups is 1. The maximum atomic E-state index is 12.9. The zero-order valence-electron chi connectivity index (χ0n) is 16.1. The number of benzene rings is 3. The molecule has 0 atom stereocenters. The maximum Gasteiger partial charge on any atom is 0.335 e. The molecule has 3 aromatic rings. The average Bonchev–Trinajstić information content (AvgIpc) is 2.75. The number of carbonyl (C=O) groups is 1. The summed E-state index contributed by atoms with van der Waals surface area (Å²) < 4.78 is 28.2. The van der Waals surface area contributed by atoms with Crippen LogP contribution in [0.4, 0.5) is 17.1 Å². The maximum absolute atomic E-state index is 12.9. The molecule has 0 bridgehead atoms. The number of nitrogens with one attached hydrogen (secondary N) is 2. The number of para-hydroxylation sites is 1. The van der Waals surface area contributed by atoms with Crippen molar-refractivity contribution in [3.63, 3.8) is 0 Å². The number of rotatable bonds is 8. The van der Waals surface area contributed by atoms with E-state index in [-0.39, 0.29) is 22.0 Å². The Bertz CT molecular complexity index is 1310. The molecule has 0 spiro atoms. The number of nitro groups is 1. The number of anilines is 2. The predicted octanol–water partition coefficient (Wildman–Crippen LogP) is 4.19. The lowest BCUT2D eigenvalue weighted by Gasteiger charge is -2.12. The van der Waals surface area contributed by atoms with Gasteiger partial charge in [0.25, 0.3) is 15.7 Å². The van der Waals surface area contributed by atoms with E-state index in [0.717, 1.165) is 12.1 Å². The number of hydrogen-bond donors (Lipinski definition) is 3. The highest BCUT2D eigenvalue weighted by atomic mass is 35.5. The van der Waals surface area contributed by atoms with E-state index in [0.29, 0.717) is 5.56 Å². The number of non-ortho nitro benzene ring substituents is 1. The molecule has 32 heavy (non-hydrogen) atoms. The minimum Gasteiger partial charge on any atom is -0.478 e. The summed E-state index contributed by atoms with van der Waals surface area (Å²) in [5, 5.41) is 24.2. The van der Waals surface area contributed by atoms with Crippen LogP contribution >= 0.6 is 11.6 Å². The quantitative estimate of drug-likeness (QED) is 0.251. The van der Waals surface area contributed by atoms with Gasteiger partial charge in [-0.25, -0.2) is 13.2 Å². The van der Waals surface area contributed by atoms with E-state index in [2.05, 4.69) is 15.2 Å². The third kappa shape index (κ3) is 5.39. The van der Waals surface area contributed by atoms with Crippen molar-refractivity contribution >= 4 is 50.9 Å². The molecule has 10 nitrogen and oxygen atoms in total. The topological polar surface area (TPSA) is 151 Å². The minimum absolute atomic E-state index is 0.0199. The van der Waals surface area contributed by atoms with Crippen LogP contribution in [0.3, 0.4) is 0 Å². The largest absolute Gasteiger partial charge is 0.478 e. The van der Waals surface area contributed by atoms with Crippen LogP contribution in [0, 0.1) is 10.1 Å². The summed E-state index contributed by atoms with van der Waals surface area (Å²) in [4.78, 5) is 20.9. The van der Waals surface area contributed by atoms with Gasteiger partial charge in [-0.2, -0.15) is 5.10 Å². The molecule has 0 heterocycles. The van der Waals surface area contributed by atoms with Crippen molar-refractivity contribution in [1.82, 2.24) is 0 Å². The summed E-state index contributed by atoms with van der Waals surface area (Å²) in [6.07, 6.45) is 1.34. The Morgan fingerprint density at radius 3 is 2.38 bits per heavy atom. The summed E-state index contributed by atoms with van der Waals surface area (Å²) in [5.74, 6) is -1.07. The van der Waals surface area contributed by atoms with Crippen LogP contribution in [0.15, 0.2) is 76.7 Å². The van der Waals surface area contributed by atoms with Crippen molar-refractivity contribution in [1.29, 1.82) is 0 Å². The number of sulfonamides is 1. The first-order valence-electron chi connectivity index (χ1n) is 8.85. The molecule has 0 aliphatic heterocycles. The first kappa shape index (κ1) is 22.7. The molecule has 0 saturated carbocycles. The van der Waals surface area contributed by atoms with Gasteiger partial charge in [0.15, 0.2) is 0 Å². The van der Waals surface area contributed by atoms with E-state index in [1.54, 1.807) is 12.1 Å². The van der Waals surface area contributed by atoms with Gasteiger partial charge in [-0.3, -0.25) is 20.3 Å². The molecule has 0 unspecified atom stereocenters. The van der Waals surface area contributed by atoms with E-state index in [1.165, 1.54) is 48.7 Å². The summed E-state index contributed by atoms with van der Waals surface area (Å²) in [7, 11) is -4.27. The molecular weight excluding hydrogens is 460 g/mol. The smallest absolute Gasteiger partial charge is 0.335 e. The third-order valence-corrected chi connectivity index (χ3v) is 5.87. The molecule has 3 aromatic carbocycles. The van der Waals surface area contributed by atoms with Crippen molar-refractivity contribution in [3.05, 3.63) is 93.0 Å². The number of aromatic carboxylic acids is 1. The van der Waals surface area contributed by atoms with E-state index in [1.807, 2.05) is 0 Å². The molecule has 3 N–H and O–H groups in total. The second kappa shape index (κ2) is 9.45. The Labute approximate surface area is 187 Å². The van der Waals surface area contributed by atoms with Crippen molar-refractivity contribution in [2.45, 2.75) is 4.90 Å². The van der Waals surface area contributed by atoms with Gasteiger partial charge in [0.1, 0.15) is 4.90 Å².